The van der Waals surface area contributed by atoms with Crippen LogP contribution in [0.15, 0.2) is 46.5 Å². The third kappa shape index (κ3) is 4.19. The van der Waals surface area contributed by atoms with Crippen molar-refractivity contribution in [2.75, 3.05) is 30.3 Å². The van der Waals surface area contributed by atoms with Gasteiger partial charge in [0.2, 0.25) is 0 Å². The normalized spacial score (nSPS) is 23.2. The summed E-state index contributed by atoms with van der Waals surface area (Å²) in [6.45, 7) is 3.40. The number of piperidine rings is 1. The van der Waals surface area contributed by atoms with Crippen LogP contribution in [0.3, 0.4) is 0 Å². The molecule has 1 atom stereocenters. The number of rotatable bonds is 3. The van der Waals surface area contributed by atoms with Gasteiger partial charge in [0.25, 0.3) is 15.9 Å². The Bertz CT molecular complexity index is 1030. The molecule has 0 radical (unpaired) electrons. The van der Waals surface area contributed by atoms with E-state index in [1.807, 2.05) is 17.9 Å². The van der Waals surface area contributed by atoms with E-state index in [9.17, 15) is 17.6 Å². The molecule has 0 aliphatic carbocycles. The van der Waals surface area contributed by atoms with Crippen molar-refractivity contribution in [2.24, 2.45) is 4.40 Å². The Morgan fingerprint density at radius 1 is 1.31 bits per heavy atom. The summed E-state index contributed by atoms with van der Waals surface area (Å²) in [4.78, 5) is 16.5. The molecule has 0 aromatic heterocycles. The molecule has 0 saturated carbocycles. The van der Waals surface area contributed by atoms with Crippen LogP contribution in [0.2, 0.25) is 0 Å². The predicted molar refractivity (Wildman–Crippen MR) is 110 cm³/mol. The summed E-state index contributed by atoms with van der Waals surface area (Å²) in [6, 6.07) is 4.84. The number of halogens is 1. The van der Waals surface area contributed by atoms with Crippen molar-refractivity contribution in [3.63, 3.8) is 0 Å². The number of amides is 1. The molecule has 1 N–H and O–H groups in total. The summed E-state index contributed by atoms with van der Waals surface area (Å²) in [5.74, 6) is -0.560. The molecule has 4 rings (SSSR count). The molecule has 1 saturated heterocycles. The number of carbonyl (C=O) groups excluding carboxylic acids is 1. The molecule has 29 heavy (non-hydrogen) atoms. The summed E-state index contributed by atoms with van der Waals surface area (Å²) >= 11 is 0. The molecule has 3 heterocycles. The average molecular weight is 418 g/mol. The van der Waals surface area contributed by atoms with Crippen LogP contribution >= 0.6 is 0 Å². The number of allylic oxidation sites excluding steroid dienone is 2. The lowest BCUT2D eigenvalue weighted by atomic mass is 10.0. The van der Waals surface area contributed by atoms with Crippen molar-refractivity contribution in [3.8, 4) is 0 Å². The Morgan fingerprint density at radius 2 is 2.14 bits per heavy atom. The second-order valence-corrected chi connectivity index (χ2v) is 9.28. The fraction of sp³-hybridized carbons (Fsp3) is 0.400. The Morgan fingerprint density at radius 3 is 2.97 bits per heavy atom. The minimum absolute atomic E-state index is 0.0740. The van der Waals surface area contributed by atoms with Crippen LogP contribution < -0.4 is 10.2 Å². The maximum absolute atomic E-state index is 14.3. The van der Waals surface area contributed by atoms with Gasteiger partial charge in [0, 0.05) is 31.9 Å². The van der Waals surface area contributed by atoms with Crippen molar-refractivity contribution in [1.29, 1.82) is 0 Å². The first-order chi connectivity index (χ1) is 13.8. The fourth-order valence-corrected chi connectivity index (χ4v) is 4.82. The highest BCUT2D eigenvalue weighted by molar-refractivity contribution is 7.90. The molecule has 9 heteroatoms. The third-order valence-electron chi connectivity index (χ3n) is 5.30. The first-order valence-corrected chi connectivity index (χ1v) is 11.2. The number of hydrogen-bond donors (Lipinski definition) is 1. The SMILES string of the molecule is Cc1ccc(F)c(N2CCCC(NC(=O)C3=CC=CN4CCS(=O)(=O)N=C34)C2)c1. The fourth-order valence-electron chi connectivity index (χ4n) is 3.84. The maximum Gasteiger partial charge on any atom is 0.256 e. The maximum atomic E-state index is 14.3. The monoisotopic (exact) mass is 418 g/mol. The minimum Gasteiger partial charge on any atom is -0.367 e. The number of sulfonamides is 1. The number of carbonyl (C=O) groups is 1. The van der Waals surface area contributed by atoms with E-state index in [1.165, 1.54) is 6.07 Å². The summed E-state index contributed by atoms with van der Waals surface area (Å²) in [6.07, 6.45) is 6.59. The van der Waals surface area contributed by atoms with Crippen molar-refractivity contribution < 1.29 is 17.6 Å². The summed E-state index contributed by atoms with van der Waals surface area (Å²) in [7, 11) is -3.56. The lowest BCUT2D eigenvalue weighted by Crippen LogP contribution is -2.50. The molecule has 0 bridgehead atoms. The van der Waals surface area contributed by atoms with Gasteiger partial charge in [-0.05, 0) is 49.6 Å². The molecule has 1 unspecified atom stereocenters. The van der Waals surface area contributed by atoms with Crippen molar-refractivity contribution in [1.82, 2.24) is 10.2 Å². The van der Waals surface area contributed by atoms with E-state index < -0.39 is 10.0 Å². The molecule has 3 aliphatic heterocycles. The van der Waals surface area contributed by atoms with Gasteiger partial charge in [-0.2, -0.15) is 0 Å². The first kappa shape index (κ1) is 19.6. The number of amidine groups is 1. The van der Waals surface area contributed by atoms with Crippen molar-refractivity contribution in [2.45, 2.75) is 25.8 Å². The van der Waals surface area contributed by atoms with Crippen LogP contribution in [0.1, 0.15) is 18.4 Å². The number of hydrogen-bond acceptors (Lipinski definition) is 5. The zero-order valence-corrected chi connectivity index (χ0v) is 17.0. The highest BCUT2D eigenvalue weighted by Crippen LogP contribution is 2.25. The zero-order valence-electron chi connectivity index (χ0n) is 16.1. The number of fused-ring (bicyclic) bond motifs is 1. The molecule has 154 valence electrons. The third-order valence-corrected chi connectivity index (χ3v) is 6.45. The van der Waals surface area contributed by atoms with Gasteiger partial charge in [0.1, 0.15) is 5.82 Å². The summed E-state index contributed by atoms with van der Waals surface area (Å²) < 4.78 is 41.8. The quantitative estimate of drug-likeness (QED) is 0.808. The van der Waals surface area contributed by atoms with Gasteiger partial charge >= 0.3 is 0 Å². The molecule has 0 spiro atoms. The molecule has 1 aromatic carbocycles. The van der Waals surface area contributed by atoms with Crippen LogP contribution in [0, 0.1) is 12.7 Å². The van der Waals surface area contributed by atoms with Crippen LogP contribution in [-0.4, -0.2) is 56.5 Å². The van der Waals surface area contributed by atoms with Crippen LogP contribution in [0.4, 0.5) is 10.1 Å². The molecule has 7 nitrogen and oxygen atoms in total. The Balaban J connectivity index is 1.49. The van der Waals surface area contributed by atoms with Crippen LogP contribution in [0.25, 0.3) is 0 Å². The summed E-state index contributed by atoms with van der Waals surface area (Å²) in [5.41, 5.74) is 1.75. The van der Waals surface area contributed by atoms with Crippen LogP contribution in [-0.2, 0) is 14.8 Å². The van der Waals surface area contributed by atoms with E-state index in [1.54, 1.807) is 29.3 Å². The second kappa shape index (κ2) is 7.62. The van der Waals surface area contributed by atoms with Gasteiger partial charge in [-0.1, -0.05) is 6.07 Å². The van der Waals surface area contributed by atoms with Gasteiger partial charge in [-0.25, -0.2) is 12.8 Å². The second-order valence-electron chi connectivity index (χ2n) is 7.53. The molecule has 1 aromatic rings. The van der Waals surface area contributed by atoms with Gasteiger partial charge in [0.05, 0.1) is 17.0 Å². The molecule has 3 aliphatic rings. The van der Waals surface area contributed by atoms with Gasteiger partial charge < -0.3 is 15.1 Å². The number of nitrogens with zero attached hydrogens (tertiary/aromatic N) is 3. The standard InChI is InChI=1S/C20H23FN4O3S/c1-14-6-7-17(21)18(12-14)25-9-2-4-15(13-25)22-20(26)16-5-3-8-24-10-11-29(27,28)23-19(16)24/h3,5-8,12,15H,2,4,9-11,13H2,1H3,(H,22,26). The lowest BCUT2D eigenvalue weighted by molar-refractivity contribution is -0.117. The predicted octanol–water partition coefficient (Wildman–Crippen LogP) is 1.72. The van der Waals surface area contributed by atoms with E-state index in [0.29, 0.717) is 12.2 Å². The first-order valence-electron chi connectivity index (χ1n) is 9.62. The number of anilines is 1. The highest BCUT2D eigenvalue weighted by atomic mass is 32.2. The molecular weight excluding hydrogens is 395 g/mol. The largest absolute Gasteiger partial charge is 0.367 e. The lowest BCUT2D eigenvalue weighted by Gasteiger charge is -2.35. The van der Waals surface area contributed by atoms with E-state index in [4.69, 9.17) is 0 Å². The molecule has 1 fully saturated rings. The minimum atomic E-state index is -3.56. The molecule has 1 amide bonds. The smallest absolute Gasteiger partial charge is 0.256 e. The Hall–Kier alpha value is -2.68. The highest BCUT2D eigenvalue weighted by Gasteiger charge is 2.31. The number of aryl methyl sites for hydroxylation is 1. The number of nitrogens with one attached hydrogen (secondary N) is 1. The van der Waals surface area contributed by atoms with E-state index in [-0.39, 0.29) is 41.5 Å². The number of benzene rings is 1. The van der Waals surface area contributed by atoms with E-state index in [2.05, 4.69) is 9.71 Å². The van der Waals surface area contributed by atoms with Crippen LogP contribution in [0.5, 0.6) is 0 Å². The average Bonchev–Trinajstić information content (AvgIpc) is 2.69. The van der Waals surface area contributed by atoms with Crippen molar-refractivity contribution in [3.05, 3.63) is 53.5 Å². The van der Waals surface area contributed by atoms with E-state index in [0.717, 1.165) is 24.9 Å². The topological polar surface area (TPSA) is 82.1 Å². The van der Waals surface area contributed by atoms with Crippen molar-refractivity contribution >= 4 is 27.5 Å². The Kier molecular flexibility index (Phi) is 5.16. The Labute approximate surface area is 169 Å². The zero-order chi connectivity index (χ0) is 20.6. The van der Waals surface area contributed by atoms with Gasteiger partial charge in [-0.3, -0.25) is 4.79 Å². The van der Waals surface area contributed by atoms with Gasteiger partial charge in [-0.15, -0.1) is 4.40 Å². The van der Waals surface area contributed by atoms with Gasteiger partial charge in [0.15, 0.2) is 5.84 Å². The molecular formula is C20H23FN4O3S. The van der Waals surface area contributed by atoms with E-state index >= 15 is 0 Å². The summed E-state index contributed by atoms with van der Waals surface area (Å²) in [5, 5.41) is 2.98.